The first-order chi connectivity index (χ1) is 8.17. The summed E-state index contributed by atoms with van der Waals surface area (Å²) in [5, 5.41) is 0. The van der Waals surface area contributed by atoms with E-state index in [1.165, 1.54) is 5.56 Å². The molecule has 0 fully saturated rings. The average molecular weight is 302 g/mol. The van der Waals surface area contributed by atoms with Crippen LogP contribution in [0, 0.1) is 0 Å². The molecule has 0 saturated carbocycles. The predicted molar refractivity (Wildman–Crippen MR) is 73.2 cm³/mol. The molecule has 0 saturated heterocycles. The van der Waals surface area contributed by atoms with Crippen LogP contribution in [0.15, 0.2) is 22.7 Å². The summed E-state index contributed by atoms with van der Waals surface area (Å²) >= 11 is 3.49. The van der Waals surface area contributed by atoms with Crippen molar-refractivity contribution in [2.75, 3.05) is 13.4 Å². The van der Waals surface area contributed by atoms with Crippen molar-refractivity contribution < 1.29 is 9.47 Å². The summed E-state index contributed by atoms with van der Waals surface area (Å²) in [7, 11) is 0. The molecule has 1 atom stereocenters. The van der Waals surface area contributed by atoms with E-state index in [0.717, 1.165) is 23.1 Å². The minimum absolute atomic E-state index is 0.220. The Hall–Kier alpha value is -0.580. The molecule has 17 heavy (non-hydrogen) atoms. The molecule has 1 unspecified atom stereocenters. The highest BCUT2D eigenvalue weighted by atomic mass is 79.9. The van der Waals surface area contributed by atoms with Gasteiger partial charge in [0.15, 0.2) is 6.79 Å². The van der Waals surface area contributed by atoms with Crippen LogP contribution in [0.25, 0.3) is 0 Å². The Morgan fingerprint density at radius 3 is 2.71 bits per heavy atom. The molecule has 0 aromatic heterocycles. The molecule has 96 valence electrons. The number of ether oxygens (including phenoxy) is 2. The first-order valence-electron chi connectivity index (χ1n) is 5.91. The molecule has 0 amide bonds. The van der Waals surface area contributed by atoms with E-state index in [2.05, 4.69) is 28.9 Å². The first-order valence-corrected chi connectivity index (χ1v) is 6.71. The van der Waals surface area contributed by atoms with Crippen LogP contribution < -0.4 is 10.5 Å². The van der Waals surface area contributed by atoms with Crippen molar-refractivity contribution in [3.8, 4) is 5.75 Å². The number of rotatable bonds is 7. The molecule has 2 N–H and O–H groups in total. The van der Waals surface area contributed by atoms with E-state index in [0.29, 0.717) is 6.61 Å². The molecule has 4 heteroatoms. The zero-order chi connectivity index (χ0) is 12.7. The summed E-state index contributed by atoms with van der Waals surface area (Å²) in [5.41, 5.74) is 7.14. The second-order valence-electron chi connectivity index (χ2n) is 3.89. The summed E-state index contributed by atoms with van der Waals surface area (Å²) in [5.74, 6) is 0.798. The second kappa shape index (κ2) is 7.69. The maximum atomic E-state index is 5.92. The van der Waals surface area contributed by atoms with Crippen molar-refractivity contribution in [2.45, 2.75) is 32.7 Å². The lowest BCUT2D eigenvalue weighted by Crippen LogP contribution is -2.21. The first kappa shape index (κ1) is 14.5. The van der Waals surface area contributed by atoms with E-state index < -0.39 is 0 Å². The van der Waals surface area contributed by atoms with Crippen LogP contribution in [0.4, 0.5) is 0 Å². The van der Waals surface area contributed by atoms with E-state index in [4.69, 9.17) is 15.2 Å². The number of benzene rings is 1. The highest BCUT2D eigenvalue weighted by Gasteiger charge is 2.05. The zero-order valence-electron chi connectivity index (χ0n) is 10.4. The van der Waals surface area contributed by atoms with Gasteiger partial charge in [0.1, 0.15) is 5.75 Å². The van der Waals surface area contributed by atoms with Gasteiger partial charge in [-0.1, -0.05) is 13.0 Å². The fourth-order valence-electron chi connectivity index (χ4n) is 1.42. The van der Waals surface area contributed by atoms with Crippen molar-refractivity contribution in [1.29, 1.82) is 0 Å². The van der Waals surface area contributed by atoms with Crippen molar-refractivity contribution in [1.82, 2.24) is 0 Å². The molecule has 1 rings (SSSR count). The van der Waals surface area contributed by atoms with Gasteiger partial charge >= 0.3 is 0 Å². The highest BCUT2D eigenvalue weighted by molar-refractivity contribution is 9.10. The summed E-state index contributed by atoms with van der Waals surface area (Å²) in [6.45, 7) is 4.97. The van der Waals surface area contributed by atoms with Crippen molar-refractivity contribution in [3.63, 3.8) is 0 Å². The maximum Gasteiger partial charge on any atom is 0.189 e. The molecule has 0 aliphatic carbocycles. The van der Waals surface area contributed by atoms with Gasteiger partial charge in [0.05, 0.1) is 4.47 Å². The largest absolute Gasteiger partial charge is 0.466 e. The smallest absolute Gasteiger partial charge is 0.189 e. The lowest BCUT2D eigenvalue weighted by Gasteiger charge is -2.12. The third kappa shape index (κ3) is 5.06. The lowest BCUT2D eigenvalue weighted by atomic mass is 10.0. The van der Waals surface area contributed by atoms with Gasteiger partial charge in [-0.25, -0.2) is 0 Å². The summed E-state index contributed by atoms with van der Waals surface area (Å²) in [6, 6.07) is 6.26. The third-order valence-corrected chi connectivity index (χ3v) is 3.14. The Labute approximate surface area is 111 Å². The summed E-state index contributed by atoms with van der Waals surface area (Å²) in [6.07, 6.45) is 1.88. The van der Waals surface area contributed by atoms with Gasteiger partial charge in [-0.2, -0.15) is 0 Å². The molecule has 0 spiro atoms. The van der Waals surface area contributed by atoms with E-state index in [-0.39, 0.29) is 12.8 Å². The Morgan fingerprint density at radius 2 is 2.12 bits per heavy atom. The molecule has 0 heterocycles. The van der Waals surface area contributed by atoms with Gasteiger partial charge in [0.25, 0.3) is 0 Å². The standard InChI is InChI=1S/C13H20BrNO2/c1-3-11(15)7-10-5-6-13(12(14)8-10)17-9-16-4-2/h5-6,8,11H,3-4,7,9,15H2,1-2H3. The van der Waals surface area contributed by atoms with E-state index in [1.807, 2.05) is 19.1 Å². The second-order valence-corrected chi connectivity index (χ2v) is 4.75. The van der Waals surface area contributed by atoms with Crippen LogP contribution in [0.1, 0.15) is 25.8 Å². The Balaban J connectivity index is 2.59. The molecule has 0 aliphatic heterocycles. The minimum Gasteiger partial charge on any atom is -0.466 e. The van der Waals surface area contributed by atoms with E-state index in [9.17, 15) is 0 Å². The van der Waals surface area contributed by atoms with Crippen molar-refractivity contribution >= 4 is 15.9 Å². The van der Waals surface area contributed by atoms with Gasteiger partial charge in [0, 0.05) is 12.6 Å². The molecule has 0 radical (unpaired) electrons. The Bertz CT molecular complexity index is 344. The third-order valence-electron chi connectivity index (χ3n) is 2.52. The number of halogens is 1. The molecular weight excluding hydrogens is 282 g/mol. The van der Waals surface area contributed by atoms with Crippen molar-refractivity contribution in [2.24, 2.45) is 5.73 Å². The van der Waals surface area contributed by atoms with Gasteiger partial charge < -0.3 is 15.2 Å². The van der Waals surface area contributed by atoms with Crippen LogP contribution >= 0.6 is 15.9 Å². The SMILES string of the molecule is CCOCOc1ccc(CC(N)CC)cc1Br. The number of hydrogen-bond donors (Lipinski definition) is 1. The maximum absolute atomic E-state index is 5.92. The van der Waals surface area contributed by atoms with E-state index >= 15 is 0 Å². The average Bonchev–Trinajstić information content (AvgIpc) is 2.32. The molecule has 0 bridgehead atoms. The molecule has 3 nitrogen and oxygen atoms in total. The topological polar surface area (TPSA) is 44.5 Å². The Morgan fingerprint density at radius 1 is 1.35 bits per heavy atom. The van der Waals surface area contributed by atoms with Gasteiger partial charge in [-0.15, -0.1) is 0 Å². The molecule has 1 aromatic carbocycles. The quantitative estimate of drug-likeness (QED) is 0.622. The van der Waals surface area contributed by atoms with Gasteiger partial charge in [-0.3, -0.25) is 0 Å². The normalized spacial score (nSPS) is 12.5. The molecule has 1 aromatic rings. The fourth-order valence-corrected chi connectivity index (χ4v) is 1.96. The van der Waals surface area contributed by atoms with Crippen LogP contribution in [0.2, 0.25) is 0 Å². The van der Waals surface area contributed by atoms with Crippen LogP contribution in [0.5, 0.6) is 5.75 Å². The predicted octanol–water partition coefficient (Wildman–Crippen LogP) is 3.10. The molecule has 0 aliphatic rings. The van der Waals surface area contributed by atoms with E-state index in [1.54, 1.807) is 0 Å². The van der Waals surface area contributed by atoms with Crippen LogP contribution in [-0.4, -0.2) is 19.4 Å². The lowest BCUT2D eigenvalue weighted by molar-refractivity contribution is 0.0219. The zero-order valence-corrected chi connectivity index (χ0v) is 12.0. The van der Waals surface area contributed by atoms with Crippen LogP contribution in [-0.2, 0) is 11.2 Å². The summed E-state index contributed by atoms with van der Waals surface area (Å²) < 4.78 is 11.5. The number of nitrogens with two attached hydrogens (primary N) is 1. The highest BCUT2D eigenvalue weighted by Crippen LogP contribution is 2.26. The molecular formula is C13H20BrNO2. The Kier molecular flexibility index (Phi) is 6.55. The minimum atomic E-state index is 0.220. The summed E-state index contributed by atoms with van der Waals surface area (Å²) in [4.78, 5) is 0. The van der Waals surface area contributed by atoms with Crippen LogP contribution in [0.3, 0.4) is 0 Å². The number of hydrogen-bond acceptors (Lipinski definition) is 3. The van der Waals surface area contributed by atoms with Gasteiger partial charge in [-0.05, 0) is 53.4 Å². The monoisotopic (exact) mass is 301 g/mol. The van der Waals surface area contributed by atoms with Crippen molar-refractivity contribution in [3.05, 3.63) is 28.2 Å². The fraction of sp³-hybridized carbons (Fsp3) is 0.538. The van der Waals surface area contributed by atoms with Gasteiger partial charge in [0.2, 0.25) is 0 Å².